The number of fused-ring (bicyclic) bond motifs is 2. The minimum Gasteiger partial charge on any atom is -0.353 e. The molecule has 5 nitrogen and oxygen atoms in total. The molecule has 5 heteroatoms. The average molecular weight is 446 g/mol. The summed E-state index contributed by atoms with van der Waals surface area (Å²) in [6, 6.07) is 20.9. The van der Waals surface area contributed by atoms with Crippen molar-refractivity contribution in [2.24, 2.45) is 0 Å². The predicted molar refractivity (Wildman–Crippen MR) is 141 cm³/mol. The fraction of sp³-hybridized carbons (Fsp3) is 0.103. The molecule has 0 aliphatic heterocycles. The average Bonchev–Trinajstić information content (AvgIpc) is 3.50. The van der Waals surface area contributed by atoms with Crippen molar-refractivity contribution in [2.75, 3.05) is 6.54 Å². The lowest BCUT2D eigenvalue weighted by Crippen LogP contribution is -2.15. The molecule has 0 unspecified atom stereocenters. The van der Waals surface area contributed by atoms with E-state index in [1.807, 2.05) is 24.4 Å². The van der Waals surface area contributed by atoms with Crippen LogP contribution in [0.4, 0.5) is 0 Å². The molecule has 2 aromatic carbocycles. The quantitative estimate of drug-likeness (QED) is 0.242. The third-order valence-electron chi connectivity index (χ3n) is 5.99. The van der Waals surface area contributed by atoms with Gasteiger partial charge in [-0.3, -0.25) is 10.1 Å². The summed E-state index contributed by atoms with van der Waals surface area (Å²) >= 11 is 0. The SMILES string of the molecule is C=C/C(=C\C(=C/C)c1ccc2[nH]nc(-c3cc4cnccc4[nH]3)c2c1)CNCc1ccccc1. The number of aromatic nitrogens is 4. The van der Waals surface area contributed by atoms with Crippen LogP contribution < -0.4 is 5.32 Å². The Morgan fingerprint density at radius 1 is 1.06 bits per heavy atom. The van der Waals surface area contributed by atoms with E-state index in [4.69, 9.17) is 0 Å². The summed E-state index contributed by atoms with van der Waals surface area (Å²) in [6.07, 6.45) is 9.90. The zero-order chi connectivity index (χ0) is 23.3. The topological polar surface area (TPSA) is 69.4 Å². The summed E-state index contributed by atoms with van der Waals surface area (Å²) in [5.41, 5.74) is 8.62. The van der Waals surface area contributed by atoms with Crippen molar-refractivity contribution in [3.63, 3.8) is 0 Å². The van der Waals surface area contributed by atoms with Gasteiger partial charge in [-0.05, 0) is 53.5 Å². The number of pyridine rings is 1. The van der Waals surface area contributed by atoms with Crippen molar-refractivity contribution < 1.29 is 0 Å². The Kier molecular flexibility index (Phi) is 6.19. The molecule has 0 atom stereocenters. The van der Waals surface area contributed by atoms with E-state index in [-0.39, 0.29) is 0 Å². The van der Waals surface area contributed by atoms with E-state index in [1.165, 1.54) is 5.56 Å². The number of aromatic amines is 2. The van der Waals surface area contributed by atoms with Crippen LogP contribution in [0.15, 0.2) is 103 Å². The predicted octanol–water partition coefficient (Wildman–Crippen LogP) is 6.41. The second-order valence-corrected chi connectivity index (χ2v) is 8.24. The first kappa shape index (κ1) is 21.6. The van der Waals surface area contributed by atoms with E-state index in [2.05, 4.69) is 99.7 Å². The van der Waals surface area contributed by atoms with Gasteiger partial charge < -0.3 is 10.3 Å². The van der Waals surface area contributed by atoms with Crippen LogP contribution in [0, 0.1) is 0 Å². The molecule has 0 spiro atoms. The molecule has 34 heavy (non-hydrogen) atoms. The lowest BCUT2D eigenvalue weighted by Gasteiger charge is -2.09. The summed E-state index contributed by atoms with van der Waals surface area (Å²) in [7, 11) is 0. The number of nitrogens with one attached hydrogen (secondary N) is 3. The molecule has 5 aromatic rings. The standard InChI is InChI=1S/C29H27N5/c1-3-20(17-31-18-21-8-6-5-7-9-21)14-22(4-2)23-10-11-27-25(15-23)29(34-33-27)28-16-24-19-30-13-12-26(24)32-28/h3-16,19,31-32H,1,17-18H2,2H3,(H,33,34)/b20-14+,22-4+. The maximum Gasteiger partial charge on any atom is 0.116 e. The lowest BCUT2D eigenvalue weighted by atomic mass is 10.00. The van der Waals surface area contributed by atoms with Gasteiger partial charge in [0, 0.05) is 41.8 Å². The summed E-state index contributed by atoms with van der Waals surface area (Å²) < 4.78 is 0. The first-order valence-electron chi connectivity index (χ1n) is 11.4. The van der Waals surface area contributed by atoms with Crippen molar-refractivity contribution in [3.8, 4) is 11.4 Å². The van der Waals surface area contributed by atoms with Gasteiger partial charge in [0.2, 0.25) is 0 Å². The van der Waals surface area contributed by atoms with E-state index in [1.54, 1.807) is 6.20 Å². The van der Waals surface area contributed by atoms with Gasteiger partial charge in [-0.1, -0.05) is 61.2 Å². The third kappa shape index (κ3) is 4.47. The molecule has 0 saturated heterocycles. The second-order valence-electron chi connectivity index (χ2n) is 8.24. The molecule has 168 valence electrons. The van der Waals surface area contributed by atoms with Crippen LogP contribution in [0.3, 0.4) is 0 Å². The number of hydrogen-bond acceptors (Lipinski definition) is 3. The molecule has 3 N–H and O–H groups in total. The van der Waals surface area contributed by atoms with Crippen molar-refractivity contribution in [2.45, 2.75) is 13.5 Å². The summed E-state index contributed by atoms with van der Waals surface area (Å²) in [5.74, 6) is 0. The van der Waals surface area contributed by atoms with Crippen molar-refractivity contribution >= 4 is 27.4 Å². The van der Waals surface area contributed by atoms with Gasteiger partial charge in [-0.15, -0.1) is 0 Å². The molecule has 0 saturated carbocycles. The van der Waals surface area contributed by atoms with Crippen molar-refractivity contribution in [3.05, 3.63) is 115 Å². The molecule has 0 aliphatic rings. The van der Waals surface area contributed by atoms with E-state index in [0.29, 0.717) is 0 Å². The fourth-order valence-corrected chi connectivity index (χ4v) is 4.16. The van der Waals surface area contributed by atoms with Crippen LogP contribution in [0.1, 0.15) is 18.1 Å². The normalized spacial score (nSPS) is 12.5. The monoisotopic (exact) mass is 445 g/mol. The molecular weight excluding hydrogens is 418 g/mol. The minimum absolute atomic E-state index is 0.748. The highest BCUT2D eigenvalue weighted by Gasteiger charge is 2.12. The highest BCUT2D eigenvalue weighted by Crippen LogP contribution is 2.31. The van der Waals surface area contributed by atoms with Crippen LogP contribution in [-0.4, -0.2) is 26.7 Å². The van der Waals surface area contributed by atoms with E-state index >= 15 is 0 Å². The van der Waals surface area contributed by atoms with Gasteiger partial charge in [0.15, 0.2) is 0 Å². The van der Waals surface area contributed by atoms with E-state index < -0.39 is 0 Å². The van der Waals surface area contributed by atoms with Gasteiger partial charge in [-0.2, -0.15) is 5.10 Å². The molecule has 0 amide bonds. The Morgan fingerprint density at radius 3 is 2.74 bits per heavy atom. The van der Waals surface area contributed by atoms with E-state index in [0.717, 1.165) is 63.0 Å². The minimum atomic E-state index is 0.748. The number of H-pyrrole nitrogens is 2. The summed E-state index contributed by atoms with van der Waals surface area (Å²) in [5, 5.41) is 13.4. The van der Waals surface area contributed by atoms with Gasteiger partial charge in [0.05, 0.1) is 11.2 Å². The Balaban J connectivity index is 1.41. The largest absolute Gasteiger partial charge is 0.353 e. The smallest absolute Gasteiger partial charge is 0.116 e. The van der Waals surface area contributed by atoms with Crippen molar-refractivity contribution in [1.29, 1.82) is 0 Å². The van der Waals surface area contributed by atoms with Crippen molar-refractivity contribution in [1.82, 2.24) is 25.5 Å². The maximum atomic E-state index is 4.60. The first-order valence-corrected chi connectivity index (χ1v) is 11.4. The van der Waals surface area contributed by atoms with Gasteiger partial charge >= 0.3 is 0 Å². The Labute approximate surface area is 199 Å². The molecule has 0 bridgehead atoms. The highest BCUT2D eigenvalue weighted by molar-refractivity contribution is 5.97. The molecule has 3 heterocycles. The summed E-state index contributed by atoms with van der Waals surface area (Å²) in [6.45, 7) is 7.66. The number of hydrogen-bond donors (Lipinski definition) is 3. The lowest BCUT2D eigenvalue weighted by molar-refractivity contribution is 0.747. The Morgan fingerprint density at radius 2 is 1.94 bits per heavy atom. The number of allylic oxidation sites excluding steroid dienone is 3. The van der Waals surface area contributed by atoms with Crippen LogP contribution >= 0.6 is 0 Å². The Hall–Kier alpha value is -4.22. The molecular formula is C29H27N5. The number of rotatable bonds is 8. The van der Waals surface area contributed by atoms with E-state index in [9.17, 15) is 0 Å². The van der Waals surface area contributed by atoms with Crippen LogP contribution in [0.5, 0.6) is 0 Å². The Bertz CT molecular complexity index is 1470. The number of nitrogens with zero attached hydrogens (tertiary/aromatic N) is 2. The fourth-order valence-electron chi connectivity index (χ4n) is 4.16. The third-order valence-corrected chi connectivity index (χ3v) is 5.99. The number of benzene rings is 2. The van der Waals surface area contributed by atoms with Crippen LogP contribution in [0.25, 0.3) is 38.8 Å². The van der Waals surface area contributed by atoms with Crippen LogP contribution in [-0.2, 0) is 6.54 Å². The molecule has 0 radical (unpaired) electrons. The van der Waals surface area contributed by atoms with Crippen LogP contribution in [0.2, 0.25) is 0 Å². The van der Waals surface area contributed by atoms with Gasteiger partial charge in [0.1, 0.15) is 5.69 Å². The highest BCUT2D eigenvalue weighted by atomic mass is 15.1. The molecule has 0 aliphatic carbocycles. The van der Waals surface area contributed by atoms with Gasteiger partial charge in [0.25, 0.3) is 0 Å². The molecule has 5 rings (SSSR count). The zero-order valence-corrected chi connectivity index (χ0v) is 19.2. The molecule has 3 aromatic heterocycles. The summed E-state index contributed by atoms with van der Waals surface area (Å²) in [4.78, 5) is 7.68. The van der Waals surface area contributed by atoms with Gasteiger partial charge in [-0.25, -0.2) is 0 Å². The first-order chi connectivity index (χ1) is 16.7. The maximum absolute atomic E-state index is 4.60. The molecule has 0 fully saturated rings. The zero-order valence-electron chi connectivity index (χ0n) is 19.2. The second kappa shape index (κ2) is 9.73.